The number of nitrogens with zero attached hydrogens (tertiary/aromatic N) is 2. The van der Waals surface area contributed by atoms with Crippen molar-refractivity contribution in [2.75, 3.05) is 32.7 Å². The first-order valence-electron chi connectivity index (χ1n) is 10.1. The Morgan fingerprint density at radius 2 is 1.62 bits per heavy atom. The summed E-state index contributed by atoms with van der Waals surface area (Å²) in [5.74, 6) is 1.43. The summed E-state index contributed by atoms with van der Waals surface area (Å²) < 4.78 is 28.1. The maximum Gasteiger partial charge on any atom is 0.243 e. The van der Waals surface area contributed by atoms with Crippen molar-refractivity contribution in [1.29, 1.82) is 0 Å². The number of hydrogen-bond donors (Lipinski definition) is 0. The monoisotopic (exact) mass is 378 g/mol. The Morgan fingerprint density at radius 1 is 1.00 bits per heavy atom. The normalized spacial score (nSPS) is 24.1. The zero-order valence-electron chi connectivity index (χ0n) is 16.8. The lowest BCUT2D eigenvalue weighted by Crippen LogP contribution is -2.43. The molecule has 2 heterocycles. The van der Waals surface area contributed by atoms with Crippen molar-refractivity contribution < 1.29 is 8.42 Å². The van der Waals surface area contributed by atoms with Crippen LogP contribution in [-0.4, -0.2) is 50.3 Å². The lowest BCUT2D eigenvalue weighted by Gasteiger charge is -2.37. The third kappa shape index (κ3) is 4.32. The summed E-state index contributed by atoms with van der Waals surface area (Å²) in [4.78, 5) is 3.11. The number of likely N-dealkylation sites (tertiary alicyclic amines) is 1. The smallest absolute Gasteiger partial charge is 0.243 e. The molecule has 0 amide bonds. The van der Waals surface area contributed by atoms with E-state index in [9.17, 15) is 8.42 Å². The van der Waals surface area contributed by atoms with Gasteiger partial charge in [0.2, 0.25) is 10.0 Å². The van der Waals surface area contributed by atoms with Crippen LogP contribution in [0.5, 0.6) is 0 Å². The fourth-order valence-corrected chi connectivity index (χ4v) is 6.73. The first-order chi connectivity index (χ1) is 12.3. The number of aryl methyl sites for hydroxylation is 3. The Labute approximate surface area is 159 Å². The van der Waals surface area contributed by atoms with Crippen molar-refractivity contribution in [2.24, 2.45) is 11.8 Å². The van der Waals surface area contributed by atoms with Crippen molar-refractivity contribution in [2.45, 2.75) is 58.3 Å². The highest BCUT2D eigenvalue weighted by molar-refractivity contribution is 7.89. The fourth-order valence-electron chi connectivity index (χ4n) is 4.85. The van der Waals surface area contributed by atoms with Crippen molar-refractivity contribution in [3.05, 3.63) is 28.8 Å². The molecule has 0 unspecified atom stereocenters. The van der Waals surface area contributed by atoms with Crippen molar-refractivity contribution >= 4 is 10.0 Å². The molecule has 0 radical (unpaired) electrons. The summed E-state index contributed by atoms with van der Waals surface area (Å²) >= 11 is 0. The lowest BCUT2D eigenvalue weighted by molar-refractivity contribution is 0.136. The number of hydrogen-bond acceptors (Lipinski definition) is 3. The van der Waals surface area contributed by atoms with E-state index in [1.807, 2.05) is 32.9 Å². The summed E-state index contributed by atoms with van der Waals surface area (Å²) in [5, 5.41) is 0. The van der Waals surface area contributed by atoms with Gasteiger partial charge in [0.15, 0.2) is 0 Å². The predicted octanol–water partition coefficient (Wildman–Crippen LogP) is 3.74. The Kier molecular flexibility index (Phi) is 6.10. The molecule has 0 saturated carbocycles. The zero-order chi connectivity index (χ0) is 18.9. The summed E-state index contributed by atoms with van der Waals surface area (Å²) in [6, 6.07) is 3.95. The number of benzene rings is 1. The van der Waals surface area contributed by atoms with E-state index in [-0.39, 0.29) is 0 Å². The molecule has 0 aromatic heterocycles. The second-order valence-electron chi connectivity index (χ2n) is 8.58. The Hall–Kier alpha value is -0.910. The second-order valence-corrected chi connectivity index (χ2v) is 10.5. The largest absolute Gasteiger partial charge is 0.303 e. The molecule has 2 aliphatic heterocycles. The third-order valence-electron chi connectivity index (χ3n) is 6.03. The molecule has 2 aliphatic rings. The zero-order valence-corrected chi connectivity index (χ0v) is 17.6. The van der Waals surface area contributed by atoms with Crippen LogP contribution in [-0.2, 0) is 10.0 Å². The molecule has 5 heteroatoms. The van der Waals surface area contributed by atoms with Crippen LogP contribution in [0.25, 0.3) is 0 Å². The molecule has 2 saturated heterocycles. The highest BCUT2D eigenvalue weighted by Gasteiger charge is 2.32. The predicted molar refractivity (Wildman–Crippen MR) is 107 cm³/mol. The molecule has 1 aromatic carbocycles. The van der Waals surface area contributed by atoms with Gasteiger partial charge in [-0.15, -0.1) is 0 Å². The summed E-state index contributed by atoms with van der Waals surface area (Å²) in [6.45, 7) is 13.1. The fraction of sp³-hybridized carbons (Fsp3) is 0.714. The molecule has 26 heavy (non-hydrogen) atoms. The van der Waals surface area contributed by atoms with Crippen molar-refractivity contribution in [3.8, 4) is 0 Å². The lowest BCUT2D eigenvalue weighted by atomic mass is 9.94. The SMILES string of the molecule is Cc1cc(C)c(S(=O)(=O)N2CCC(CN3CCC[C@H](C)C3)CC2)c(C)c1. The Bertz CT molecular complexity index is 713. The molecule has 0 bridgehead atoms. The first-order valence-corrected chi connectivity index (χ1v) is 11.5. The van der Waals surface area contributed by atoms with Crippen LogP contribution in [0.4, 0.5) is 0 Å². The number of sulfonamides is 1. The maximum absolute atomic E-state index is 13.2. The topological polar surface area (TPSA) is 40.6 Å². The van der Waals surface area contributed by atoms with Gasteiger partial charge in [-0.2, -0.15) is 4.31 Å². The van der Waals surface area contributed by atoms with Gasteiger partial charge in [0, 0.05) is 26.2 Å². The van der Waals surface area contributed by atoms with Gasteiger partial charge in [0.25, 0.3) is 0 Å². The van der Waals surface area contributed by atoms with Gasteiger partial charge in [-0.05, 0) is 76.0 Å². The number of piperidine rings is 2. The van der Waals surface area contributed by atoms with Crippen LogP contribution in [0.15, 0.2) is 17.0 Å². The van der Waals surface area contributed by atoms with Gasteiger partial charge in [0.05, 0.1) is 4.90 Å². The van der Waals surface area contributed by atoms with Crippen molar-refractivity contribution in [3.63, 3.8) is 0 Å². The minimum absolute atomic E-state index is 0.520. The van der Waals surface area contributed by atoms with Gasteiger partial charge in [-0.3, -0.25) is 0 Å². The van der Waals surface area contributed by atoms with Gasteiger partial charge in [-0.25, -0.2) is 8.42 Å². The van der Waals surface area contributed by atoms with Crippen LogP contribution < -0.4 is 0 Å². The molecule has 146 valence electrons. The molecular weight excluding hydrogens is 344 g/mol. The summed E-state index contributed by atoms with van der Waals surface area (Å²) in [6.07, 6.45) is 4.62. The average molecular weight is 379 g/mol. The highest BCUT2D eigenvalue weighted by atomic mass is 32.2. The average Bonchev–Trinajstić information content (AvgIpc) is 2.54. The Morgan fingerprint density at radius 3 is 2.19 bits per heavy atom. The van der Waals surface area contributed by atoms with E-state index < -0.39 is 10.0 Å². The van der Waals surface area contributed by atoms with Crippen LogP contribution >= 0.6 is 0 Å². The summed E-state index contributed by atoms with van der Waals surface area (Å²) in [7, 11) is -3.39. The standard InChI is InChI=1S/C21H34N2O2S/c1-16-6-5-9-22(14-16)15-20-7-10-23(11-8-20)26(24,25)21-18(3)12-17(2)13-19(21)4/h12-13,16,20H,5-11,14-15H2,1-4H3/t16-/m0/s1. The minimum atomic E-state index is -3.39. The van der Waals surface area contributed by atoms with E-state index in [1.54, 1.807) is 4.31 Å². The van der Waals surface area contributed by atoms with E-state index in [4.69, 9.17) is 0 Å². The first kappa shape index (κ1) is 19.8. The van der Waals surface area contributed by atoms with Gasteiger partial charge in [-0.1, -0.05) is 24.6 Å². The second kappa shape index (κ2) is 7.99. The maximum atomic E-state index is 13.2. The molecule has 1 atom stereocenters. The molecule has 3 rings (SSSR count). The highest BCUT2D eigenvalue weighted by Crippen LogP contribution is 2.29. The van der Waals surface area contributed by atoms with E-state index in [0.717, 1.165) is 42.0 Å². The minimum Gasteiger partial charge on any atom is -0.303 e. The van der Waals surface area contributed by atoms with Crippen LogP contribution in [0.3, 0.4) is 0 Å². The van der Waals surface area contributed by atoms with Gasteiger partial charge in [0.1, 0.15) is 0 Å². The molecule has 0 N–H and O–H groups in total. The molecule has 1 aromatic rings. The molecule has 0 spiro atoms. The quantitative estimate of drug-likeness (QED) is 0.801. The van der Waals surface area contributed by atoms with Crippen LogP contribution in [0, 0.1) is 32.6 Å². The van der Waals surface area contributed by atoms with Gasteiger partial charge < -0.3 is 4.90 Å². The van der Waals surface area contributed by atoms with Gasteiger partial charge >= 0.3 is 0 Å². The van der Waals surface area contributed by atoms with E-state index >= 15 is 0 Å². The number of rotatable bonds is 4. The van der Waals surface area contributed by atoms with Crippen LogP contribution in [0.1, 0.15) is 49.3 Å². The molecule has 0 aliphatic carbocycles. The van der Waals surface area contributed by atoms with E-state index in [0.29, 0.717) is 23.9 Å². The molecule has 4 nitrogen and oxygen atoms in total. The van der Waals surface area contributed by atoms with E-state index in [1.165, 1.54) is 25.9 Å². The van der Waals surface area contributed by atoms with Crippen molar-refractivity contribution in [1.82, 2.24) is 9.21 Å². The van der Waals surface area contributed by atoms with E-state index in [2.05, 4.69) is 11.8 Å². The third-order valence-corrected chi connectivity index (χ3v) is 8.24. The molecular formula is C21H34N2O2S. The summed E-state index contributed by atoms with van der Waals surface area (Å²) in [5.41, 5.74) is 2.85. The van der Waals surface area contributed by atoms with Crippen LogP contribution in [0.2, 0.25) is 0 Å². The Balaban J connectivity index is 1.64. The molecule has 2 fully saturated rings.